The summed E-state index contributed by atoms with van der Waals surface area (Å²) in [6.45, 7) is 0. The van der Waals surface area contributed by atoms with Crippen LogP contribution in [0.15, 0.2) is 0 Å². The van der Waals surface area contributed by atoms with Crippen molar-refractivity contribution in [1.82, 2.24) is 5.32 Å². The van der Waals surface area contributed by atoms with Crippen molar-refractivity contribution < 1.29 is 19.5 Å². The topological polar surface area (TPSA) is 89.8 Å². The fraction of sp³-hybridized carbons (Fsp3) is 1.00. The summed E-state index contributed by atoms with van der Waals surface area (Å²) in [4.78, 5) is 16.2. The van der Waals surface area contributed by atoms with E-state index in [2.05, 4.69) is 0 Å². The third-order valence-corrected chi connectivity index (χ3v) is 1.47. The molecule has 0 aromatic carbocycles. The maximum absolute atomic E-state index is 9.94. The second-order valence-electron chi connectivity index (χ2n) is 1.25. The lowest BCUT2D eigenvalue weighted by Gasteiger charge is -2.09. The molecule has 0 bridgehead atoms. The Hall–Kier alpha value is 0.0700. The van der Waals surface area contributed by atoms with E-state index >= 15 is 0 Å². The van der Waals surface area contributed by atoms with Crippen molar-refractivity contribution in [3.8, 4) is 0 Å². The Morgan fingerprint density at radius 2 is 2.00 bits per heavy atom. The standard InChI is InChI=1S/C2H8NO4P/c1-3-2(4)8(5,6)7/h2-4H,1H3,(H2,5,6,7). The summed E-state index contributed by atoms with van der Waals surface area (Å²) in [5.74, 6) is -1.73. The lowest BCUT2D eigenvalue weighted by Crippen LogP contribution is -2.23. The Morgan fingerprint density at radius 3 is 2.00 bits per heavy atom. The molecule has 0 saturated heterocycles. The summed E-state index contributed by atoms with van der Waals surface area (Å²) >= 11 is 0. The highest BCUT2D eigenvalue weighted by atomic mass is 31.2. The predicted octanol–water partition coefficient (Wildman–Crippen LogP) is -1.34. The number of hydrogen-bond donors (Lipinski definition) is 4. The van der Waals surface area contributed by atoms with Gasteiger partial charge in [0.05, 0.1) is 0 Å². The number of aliphatic hydroxyl groups is 1. The molecule has 0 aromatic heterocycles. The monoisotopic (exact) mass is 141 g/mol. The van der Waals surface area contributed by atoms with Gasteiger partial charge in [0.25, 0.3) is 0 Å². The van der Waals surface area contributed by atoms with Crippen molar-refractivity contribution in [2.24, 2.45) is 0 Å². The van der Waals surface area contributed by atoms with E-state index < -0.39 is 13.6 Å². The molecule has 0 spiro atoms. The number of hydrogen-bond acceptors (Lipinski definition) is 3. The quantitative estimate of drug-likeness (QED) is 0.282. The second-order valence-corrected chi connectivity index (χ2v) is 2.92. The van der Waals surface area contributed by atoms with Crippen LogP contribution in [-0.4, -0.2) is 27.9 Å². The molecule has 0 amide bonds. The fourth-order valence-corrected chi connectivity index (χ4v) is 0.505. The highest BCUT2D eigenvalue weighted by Gasteiger charge is 2.23. The second kappa shape index (κ2) is 2.57. The average Bonchev–Trinajstić information content (AvgIpc) is 1.62. The van der Waals surface area contributed by atoms with Crippen molar-refractivity contribution in [3.63, 3.8) is 0 Å². The third-order valence-electron chi connectivity index (χ3n) is 0.577. The van der Waals surface area contributed by atoms with E-state index in [0.29, 0.717) is 0 Å². The molecule has 0 rings (SSSR count). The van der Waals surface area contributed by atoms with Gasteiger partial charge in [-0.3, -0.25) is 9.88 Å². The van der Waals surface area contributed by atoms with Crippen LogP contribution in [0.5, 0.6) is 0 Å². The molecule has 1 atom stereocenters. The van der Waals surface area contributed by atoms with E-state index in [1.165, 1.54) is 7.05 Å². The minimum Gasteiger partial charge on any atom is -0.368 e. The summed E-state index contributed by atoms with van der Waals surface area (Å²) in [7, 11) is -3.06. The number of aliphatic hydroxyl groups excluding tert-OH is 1. The molecular formula is C2H8NO4P. The zero-order valence-corrected chi connectivity index (χ0v) is 5.17. The molecule has 0 aliphatic rings. The molecule has 5 nitrogen and oxygen atoms in total. The van der Waals surface area contributed by atoms with Crippen LogP contribution in [0.1, 0.15) is 0 Å². The average molecular weight is 141 g/mol. The minimum absolute atomic E-state index is 1.25. The van der Waals surface area contributed by atoms with Gasteiger partial charge in [0.2, 0.25) is 5.97 Å². The first-order valence-electron chi connectivity index (χ1n) is 1.89. The molecule has 0 saturated carbocycles. The van der Waals surface area contributed by atoms with Crippen molar-refractivity contribution >= 4 is 7.60 Å². The Balaban J connectivity index is 3.82. The summed E-state index contributed by atoms with van der Waals surface area (Å²) in [6, 6.07) is 0. The highest BCUT2D eigenvalue weighted by Crippen LogP contribution is 2.37. The number of nitrogens with one attached hydrogen (secondary N) is 1. The van der Waals surface area contributed by atoms with Gasteiger partial charge in [-0.1, -0.05) is 0 Å². The first-order valence-corrected chi connectivity index (χ1v) is 3.57. The molecule has 0 aliphatic carbocycles. The first kappa shape index (κ1) is 8.07. The van der Waals surface area contributed by atoms with Crippen LogP contribution in [0.2, 0.25) is 0 Å². The maximum atomic E-state index is 9.94. The van der Waals surface area contributed by atoms with E-state index in [0.717, 1.165) is 0 Å². The van der Waals surface area contributed by atoms with Gasteiger partial charge in [0.15, 0.2) is 0 Å². The first-order chi connectivity index (χ1) is 3.48. The van der Waals surface area contributed by atoms with Gasteiger partial charge in [-0.2, -0.15) is 0 Å². The molecule has 1 unspecified atom stereocenters. The summed E-state index contributed by atoms with van der Waals surface area (Å²) in [5, 5.41) is 10.3. The molecule has 4 N–H and O–H groups in total. The van der Waals surface area contributed by atoms with Gasteiger partial charge >= 0.3 is 7.60 Å². The molecule has 0 heterocycles. The molecule has 0 aliphatic heterocycles. The minimum atomic E-state index is -4.31. The van der Waals surface area contributed by atoms with Crippen LogP contribution < -0.4 is 5.32 Å². The third kappa shape index (κ3) is 2.40. The smallest absolute Gasteiger partial charge is 0.368 e. The Morgan fingerprint density at radius 1 is 1.62 bits per heavy atom. The number of rotatable bonds is 2. The lowest BCUT2D eigenvalue weighted by molar-refractivity contribution is 0.180. The fourth-order valence-electron chi connectivity index (χ4n) is 0.168. The Bertz CT molecular complexity index is 109. The molecule has 8 heavy (non-hydrogen) atoms. The van der Waals surface area contributed by atoms with E-state index in [4.69, 9.17) is 14.9 Å². The van der Waals surface area contributed by atoms with Gasteiger partial charge in [-0.25, -0.2) is 0 Å². The van der Waals surface area contributed by atoms with Gasteiger partial charge < -0.3 is 14.9 Å². The predicted molar refractivity (Wildman–Crippen MR) is 27.1 cm³/mol. The van der Waals surface area contributed by atoms with Crippen molar-refractivity contribution in [2.75, 3.05) is 7.05 Å². The van der Waals surface area contributed by atoms with Crippen molar-refractivity contribution in [3.05, 3.63) is 0 Å². The van der Waals surface area contributed by atoms with Gasteiger partial charge in [0, 0.05) is 0 Å². The van der Waals surface area contributed by atoms with E-state index in [9.17, 15) is 4.57 Å². The molecule has 0 aromatic rings. The van der Waals surface area contributed by atoms with Gasteiger partial charge in [-0.15, -0.1) is 0 Å². The molecule has 6 heteroatoms. The van der Waals surface area contributed by atoms with Crippen LogP contribution in [0.3, 0.4) is 0 Å². The molecule has 0 radical (unpaired) electrons. The van der Waals surface area contributed by atoms with Crippen LogP contribution >= 0.6 is 7.60 Å². The summed E-state index contributed by atoms with van der Waals surface area (Å²) < 4.78 is 9.94. The Kier molecular flexibility index (Phi) is 2.59. The molecule has 0 fully saturated rings. The SMILES string of the molecule is CNC(O)P(=O)(O)O. The van der Waals surface area contributed by atoms with Crippen LogP contribution in [-0.2, 0) is 4.57 Å². The zero-order valence-electron chi connectivity index (χ0n) is 4.27. The normalized spacial score (nSPS) is 16.0. The van der Waals surface area contributed by atoms with Crippen molar-refractivity contribution in [2.45, 2.75) is 5.97 Å². The van der Waals surface area contributed by atoms with Gasteiger partial charge in [0.1, 0.15) is 0 Å². The Labute approximate surface area is 46.5 Å². The van der Waals surface area contributed by atoms with Crippen molar-refractivity contribution in [1.29, 1.82) is 0 Å². The maximum Gasteiger partial charge on any atom is 0.368 e. The largest absolute Gasteiger partial charge is 0.368 e. The summed E-state index contributed by atoms with van der Waals surface area (Å²) in [5.41, 5.74) is 0. The highest BCUT2D eigenvalue weighted by molar-refractivity contribution is 7.52. The lowest BCUT2D eigenvalue weighted by atomic mass is 11.2. The zero-order chi connectivity index (χ0) is 6.78. The van der Waals surface area contributed by atoms with Gasteiger partial charge in [-0.05, 0) is 7.05 Å². The van der Waals surface area contributed by atoms with E-state index in [1.54, 1.807) is 0 Å². The van der Waals surface area contributed by atoms with E-state index in [-0.39, 0.29) is 0 Å². The summed E-state index contributed by atoms with van der Waals surface area (Å²) in [6.07, 6.45) is 0. The molecule has 50 valence electrons. The molecular weight excluding hydrogens is 133 g/mol. The van der Waals surface area contributed by atoms with Crippen LogP contribution in [0.4, 0.5) is 0 Å². The van der Waals surface area contributed by atoms with Crippen LogP contribution in [0.25, 0.3) is 0 Å². The van der Waals surface area contributed by atoms with E-state index in [1.807, 2.05) is 5.32 Å². The van der Waals surface area contributed by atoms with Crippen LogP contribution in [0, 0.1) is 0 Å².